The molecule has 0 radical (unpaired) electrons. The lowest BCUT2D eigenvalue weighted by atomic mass is 10.0. The standard InChI is InChI=1S/C67H116NO8P/c1-3-5-7-9-11-13-15-17-19-21-23-25-26-27-28-29-30-31-32-33-34-35-36-37-38-40-42-44-46-48-50-52-54-56-58-60-67(70)76-65(64-75-77(71,72)74-62-61-68)63-73-66(69)59-57-55-53-51-49-47-45-43-41-39-24-22-20-18-16-14-12-10-8-6-4-2/h5,7,11,13,16-19,22-25,27-28,30-31,41,43,65H,3-4,6,8-10,12,14-15,20-21,26,29,32-40,42,44-64,68H2,1-2H3,(H,71,72)/b7-5-,13-11-,18-16-,19-17-,24-22-,25-23-,28-27-,31-30-,43-41-. The molecule has 10 heteroatoms. The van der Waals surface area contributed by atoms with Gasteiger partial charge in [-0.05, 0) is 103 Å². The quantitative estimate of drug-likeness (QED) is 0.0264. The van der Waals surface area contributed by atoms with Crippen LogP contribution < -0.4 is 5.73 Å². The van der Waals surface area contributed by atoms with E-state index in [1.54, 1.807) is 0 Å². The molecule has 0 aliphatic carbocycles. The molecule has 442 valence electrons. The molecule has 0 aliphatic heterocycles. The molecule has 0 amide bonds. The molecule has 0 aliphatic rings. The number of allylic oxidation sites excluding steroid dienone is 18. The summed E-state index contributed by atoms with van der Waals surface area (Å²) in [5.74, 6) is -0.840. The molecule has 2 atom stereocenters. The van der Waals surface area contributed by atoms with Crippen molar-refractivity contribution in [3.63, 3.8) is 0 Å². The predicted octanol–water partition coefficient (Wildman–Crippen LogP) is 20.2. The molecule has 3 N–H and O–H groups in total. The fourth-order valence-electron chi connectivity index (χ4n) is 8.53. The molecule has 0 saturated heterocycles. The summed E-state index contributed by atoms with van der Waals surface area (Å²) >= 11 is 0. The number of hydrogen-bond acceptors (Lipinski definition) is 8. The first-order valence-corrected chi connectivity index (χ1v) is 32.9. The number of esters is 2. The second-order valence-corrected chi connectivity index (χ2v) is 22.0. The Morgan fingerprint density at radius 3 is 1.06 bits per heavy atom. The zero-order valence-electron chi connectivity index (χ0n) is 49.4. The molecule has 0 aromatic rings. The number of carbonyl (C=O) groups is 2. The van der Waals surface area contributed by atoms with E-state index in [4.69, 9.17) is 24.3 Å². The lowest BCUT2D eigenvalue weighted by Crippen LogP contribution is -2.29. The molecule has 0 rings (SSSR count). The van der Waals surface area contributed by atoms with Crippen molar-refractivity contribution in [3.8, 4) is 0 Å². The Kier molecular flexibility index (Phi) is 59.2. The van der Waals surface area contributed by atoms with E-state index in [9.17, 15) is 19.0 Å². The molecule has 0 bridgehead atoms. The third kappa shape index (κ3) is 61.7. The van der Waals surface area contributed by atoms with Crippen molar-refractivity contribution in [2.45, 2.75) is 277 Å². The lowest BCUT2D eigenvalue weighted by Gasteiger charge is -2.19. The first kappa shape index (κ1) is 73.7. The van der Waals surface area contributed by atoms with E-state index in [1.165, 1.54) is 135 Å². The number of hydrogen-bond donors (Lipinski definition) is 2. The van der Waals surface area contributed by atoms with E-state index in [-0.39, 0.29) is 32.6 Å². The Morgan fingerprint density at radius 1 is 0.403 bits per heavy atom. The van der Waals surface area contributed by atoms with Crippen LogP contribution in [0.4, 0.5) is 0 Å². The predicted molar refractivity (Wildman–Crippen MR) is 330 cm³/mol. The van der Waals surface area contributed by atoms with Crippen LogP contribution in [0.15, 0.2) is 109 Å². The second kappa shape index (κ2) is 61.9. The monoisotopic (exact) mass is 1090 g/mol. The SMILES string of the molecule is CC/C=C\C/C=C\C/C=C\C/C=C\C/C=C\C/C=C\CCCCCCCCCCCCCCCCCCC(=O)OC(COC(=O)CCCCCCCC/C=C\C/C=C\C/C=C\CCCCCCC)COP(=O)(O)OCCN. The summed E-state index contributed by atoms with van der Waals surface area (Å²) in [5, 5.41) is 0. The van der Waals surface area contributed by atoms with Crippen molar-refractivity contribution in [2.75, 3.05) is 26.4 Å². The number of ether oxygens (including phenoxy) is 2. The number of rotatable bonds is 58. The number of phosphoric acid groups is 1. The highest BCUT2D eigenvalue weighted by molar-refractivity contribution is 7.47. The van der Waals surface area contributed by atoms with E-state index < -0.39 is 32.5 Å². The van der Waals surface area contributed by atoms with Crippen molar-refractivity contribution < 1.29 is 37.6 Å². The molecular weight excluding hydrogens is 978 g/mol. The zero-order chi connectivity index (χ0) is 55.9. The average molecular weight is 1090 g/mol. The van der Waals surface area contributed by atoms with Crippen LogP contribution in [0.5, 0.6) is 0 Å². The van der Waals surface area contributed by atoms with Gasteiger partial charge in [-0.25, -0.2) is 4.57 Å². The van der Waals surface area contributed by atoms with Crippen LogP contribution >= 0.6 is 7.82 Å². The Labute approximate surface area is 473 Å². The first-order valence-electron chi connectivity index (χ1n) is 31.4. The molecule has 2 unspecified atom stereocenters. The van der Waals surface area contributed by atoms with Crippen LogP contribution in [0.2, 0.25) is 0 Å². The van der Waals surface area contributed by atoms with Gasteiger partial charge in [-0.3, -0.25) is 18.6 Å². The van der Waals surface area contributed by atoms with Crippen LogP contribution in [0, 0.1) is 0 Å². The van der Waals surface area contributed by atoms with Gasteiger partial charge < -0.3 is 20.1 Å². The number of phosphoric ester groups is 1. The van der Waals surface area contributed by atoms with E-state index in [2.05, 4.69) is 123 Å². The minimum Gasteiger partial charge on any atom is -0.462 e. The topological polar surface area (TPSA) is 134 Å². The van der Waals surface area contributed by atoms with Gasteiger partial charge in [0.2, 0.25) is 0 Å². The number of nitrogens with two attached hydrogens (primary N) is 1. The smallest absolute Gasteiger partial charge is 0.462 e. The summed E-state index contributed by atoms with van der Waals surface area (Å²) < 4.78 is 33.1. The van der Waals surface area contributed by atoms with E-state index in [1.807, 2.05) is 0 Å². The maximum absolute atomic E-state index is 12.7. The Balaban J connectivity index is 3.94. The third-order valence-corrected chi connectivity index (χ3v) is 14.1. The van der Waals surface area contributed by atoms with E-state index >= 15 is 0 Å². The van der Waals surface area contributed by atoms with Gasteiger partial charge in [-0.15, -0.1) is 0 Å². The summed E-state index contributed by atoms with van der Waals surface area (Å²) in [5.41, 5.74) is 5.39. The van der Waals surface area contributed by atoms with Crippen LogP contribution in [0.25, 0.3) is 0 Å². The second-order valence-electron chi connectivity index (χ2n) is 20.5. The van der Waals surface area contributed by atoms with Crippen molar-refractivity contribution in [2.24, 2.45) is 5.73 Å². The van der Waals surface area contributed by atoms with Gasteiger partial charge in [0.25, 0.3) is 0 Å². The minimum atomic E-state index is -4.40. The van der Waals surface area contributed by atoms with Crippen molar-refractivity contribution in [1.29, 1.82) is 0 Å². The molecule has 77 heavy (non-hydrogen) atoms. The summed E-state index contributed by atoms with van der Waals surface area (Å²) in [6.45, 7) is 3.62. The van der Waals surface area contributed by atoms with Gasteiger partial charge >= 0.3 is 19.8 Å². The zero-order valence-corrected chi connectivity index (χ0v) is 50.3. The molecular formula is C67H116NO8P. The Bertz CT molecular complexity index is 1630. The third-order valence-electron chi connectivity index (χ3n) is 13.1. The number of unbranched alkanes of at least 4 members (excludes halogenated alkanes) is 27. The molecule has 9 nitrogen and oxygen atoms in total. The molecule has 0 aromatic heterocycles. The van der Waals surface area contributed by atoms with Crippen LogP contribution in [-0.2, 0) is 32.7 Å². The highest BCUT2D eigenvalue weighted by Gasteiger charge is 2.26. The first-order chi connectivity index (χ1) is 37.8. The maximum Gasteiger partial charge on any atom is 0.472 e. The normalized spacial score (nSPS) is 13.8. The minimum absolute atomic E-state index is 0.0477. The van der Waals surface area contributed by atoms with Crippen LogP contribution in [0.1, 0.15) is 271 Å². The largest absolute Gasteiger partial charge is 0.472 e. The summed E-state index contributed by atoms with van der Waals surface area (Å²) in [6, 6.07) is 0. The van der Waals surface area contributed by atoms with Gasteiger partial charge in [0.05, 0.1) is 13.2 Å². The van der Waals surface area contributed by atoms with Crippen molar-refractivity contribution >= 4 is 19.8 Å². The van der Waals surface area contributed by atoms with Crippen LogP contribution in [-0.4, -0.2) is 49.3 Å². The van der Waals surface area contributed by atoms with Gasteiger partial charge in [-0.2, -0.15) is 0 Å². The molecule has 0 spiro atoms. The Hall–Kier alpha value is -3.33. The van der Waals surface area contributed by atoms with Crippen LogP contribution in [0.3, 0.4) is 0 Å². The fourth-order valence-corrected chi connectivity index (χ4v) is 9.30. The maximum atomic E-state index is 12.7. The fraction of sp³-hybridized carbons (Fsp3) is 0.701. The van der Waals surface area contributed by atoms with Gasteiger partial charge in [0.1, 0.15) is 6.61 Å². The summed E-state index contributed by atoms with van der Waals surface area (Å²) in [4.78, 5) is 35.2. The number of carbonyl (C=O) groups excluding carboxylic acids is 2. The summed E-state index contributed by atoms with van der Waals surface area (Å²) in [6.07, 6.45) is 84.4. The van der Waals surface area contributed by atoms with Crippen molar-refractivity contribution in [1.82, 2.24) is 0 Å². The van der Waals surface area contributed by atoms with Crippen molar-refractivity contribution in [3.05, 3.63) is 109 Å². The molecule has 0 saturated carbocycles. The van der Waals surface area contributed by atoms with Gasteiger partial charge in [0, 0.05) is 19.4 Å². The summed E-state index contributed by atoms with van der Waals surface area (Å²) in [7, 11) is -4.40. The van der Waals surface area contributed by atoms with Gasteiger partial charge in [0.15, 0.2) is 6.10 Å². The highest BCUT2D eigenvalue weighted by atomic mass is 31.2. The molecule has 0 heterocycles. The lowest BCUT2D eigenvalue weighted by molar-refractivity contribution is -0.161. The Morgan fingerprint density at radius 2 is 0.714 bits per heavy atom. The van der Waals surface area contributed by atoms with E-state index in [0.29, 0.717) is 12.8 Å². The van der Waals surface area contributed by atoms with Gasteiger partial charge in [-0.1, -0.05) is 264 Å². The molecule has 0 aromatic carbocycles. The highest BCUT2D eigenvalue weighted by Crippen LogP contribution is 2.43. The average Bonchev–Trinajstić information content (AvgIpc) is 3.42. The molecule has 0 fully saturated rings. The van der Waals surface area contributed by atoms with E-state index in [0.717, 1.165) is 96.3 Å².